The first kappa shape index (κ1) is 27.6. The van der Waals surface area contributed by atoms with Crippen molar-refractivity contribution in [1.29, 1.82) is 0 Å². The van der Waals surface area contributed by atoms with Crippen LogP contribution in [0, 0.1) is 0 Å². The number of hydrogen-bond acceptors (Lipinski definition) is 4. The molecule has 1 atom stereocenters. The molecule has 0 amide bonds. The summed E-state index contributed by atoms with van der Waals surface area (Å²) in [4.78, 5) is 13.2. The van der Waals surface area contributed by atoms with Crippen LogP contribution in [0.5, 0.6) is 0 Å². The van der Waals surface area contributed by atoms with Crippen molar-refractivity contribution in [2.75, 3.05) is 4.90 Å². The summed E-state index contributed by atoms with van der Waals surface area (Å²) < 4.78 is 2.48. The third-order valence-electron chi connectivity index (χ3n) is 10.2. The lowest BCUT2D eigenvalue weighted by atomic mass is 9.70. The number of para-hydroxylation sites is 1. The summed E-state index contributed by atoms with van der Waals surface area (Å²) >= 11 is 1.85. The summed E-state index contributed by atoms with van der Waals surface area (Å²) in [6, 6.07) is 49.7. The Morgan fingerprint density at radius 2 is 1.29 bits per heavy atom. The highest BCUT2D eigenvalue weighted by atomic mass is 32.1. The minimum Gasteiger partial charge on any atom is -0.299 e. The van der Waals surface area contributed by atoms with Crippen molar-refractivity contribution < 1.29 is 0 Å². The van der Waals surface area contributed by atoms with Crippen LogP contribution in [0.25, 0.3) is 75.0 Å². The van der Waals surface area contributed by atoms with E-state index in [9.17, 15) is 0 Å². The van der Waals surface area contributed by atoms with Gasteiger partial charge in [0.05, 0.1) is 35.0 Å². The number of benzene rings is 7. The fourth-order valence-electron chi connectivity index (χ4n) is 7.97. The Morgan fingerprint density at radius 3 is 2.10 bits per heavy atom. The highest BCUT2D eigenvalue weighted by Crippen LogP contribution is 2.60. The number of thiophene rings is 1. The number of fused-ring (bicyclic) bond motifs is 13. The lowest BCUT2D eigenvalue weighted by Gasteiger charge is -2.48. The molecule has 7 aromatic carbocycles. The molecule has 10 rings (SSSR count). The molecular weight excluding hydrogens is 601 g/mol. The van der Waals surface area contributed by atoms with Crippen LogP contribution >= 0.6 is 11.3 Å². The third-order valence-corrected chi connectivity index (χ3v) is 11.4. The van der Waals surface area contributed by atoms with Crippen LogP contribution in [0.1, 0.15) is 12.5 Å². The van der Waals surface area contributed by atoms with E-state index in [0.717, 1.165) is 27.8 Å². The molecule has 5 heteroatoms. The van der Waals surface area contributed by atoms with Crippen LogP contribution in [0.15, 0.2) is 140 Å². The predicted octanol–water partition coefficient (Wildman–Crippen LogP) is 11.6. The van der Waals surface area contributed by atoms with E-state index in [1.54, 1.807) is 0 Å². The van der Waals surface area contributed by atoms with Crippen LogP contribution in [-0.4, -0.2) is 17.8 Å². The van der Waals surface area contributed by atoms with Crippen LogP contribution in [0.3, 0.4) is 0 Å². The summed E-state index contributed by atoms with van der Waals surface area (Å²) in [7, 11) is 6.98. The molecule has 0 N–H and O–H groups in total. The van der Waals surface area contributed by atoms with Gasteiger partial charge in [0, 0.05) is 32.0 Å². The molecule has 0 spiro atoms. The Kier molecular flexibility index (Phi) is 5.88. The zero-order chi connectivity index (χ0) is 32.0. The molecule has 3 nitrogen and oxygen atoms in total. The largest absolute Gasteiger partial charge is 0.299 e. The van der Waals surface area contributed by atoms with Crippen LogP contribution in [-0.2, 0) is 5.54 Å². The maximum atomic E-state index is 6.98. The molecule has 0 aliphatic carbocycles. The number of anilines is 2. The summed E-state index contributed by atoms with van der Waals surface area (Å²) in [5.41, 5.74) is 6.97. The van der Waals surface area contributed by atoms with E-state index in [0.29, 0.717) is 12.3 Å². The average Bonchev–Trinajstić information content (AvgIpc) is 3.54. The zero-order valence-corrected chi connectivity index (χ0v) is 27.1. The van der Waals surface area contributed by atoms with E-state index in [1.165, 1.54) is 58.4 Å². The van der Waals surface area contributed by atoms with E-state index < -0.39 is 5.54 Å². The van der Waals surface area contributed by atoms with Gasteiger partial charge < -0.3 is 0 Å². The van der Waals surface area contributed by atoms with Crippen molar-refractivity contribution in [2.45, 2.75) is 18.8 Å². The normalized spacial score (nSPS) is 15.8. The smallest absolute Gasteiger partial charge is 0.231 e. The minimum atomic E-state index is -0.658. The number of hydrogen-bond donors (Lipinski definition) is 0. The van der Waals surface area contributed by atoms with Crippen LogP contribution in [0.2, 0.25) is 6.32 Å². The monoisotopic (exact) mass is 629 g/mol. The second-order valence-corrected chi connectivity index (χ2v) is 13.9. The summed E-state index contributed by atoms with van der Waals surface area (Å²) in [5.74, 6) is 0.648. The van der Waals surface area contributed by atoms with Crippen LogP contribution < -0.4 is 4.90 Å². The molecule has 0 fully saturated rings. The fourth-order valence-corrected chi connectivity index (χ4v) is 9.22. The molecule has 1 unspecified atom stereocenters. The second kappa shape index (κ2) is 10.2. The van der Waals surface area contributed by atoms with E-state index in [4.69, 9.17) is 17.8 Å². The first-order valence-corrected chi connectivity index (χ1v) is 17.2. The summed E-state index contributed by atoms with van der Waals surface area (Å²) in [5, 5.41) is 8.46. The van der Waals surface area contributed by atoms with Gasteiger partial charge in [-0.3, -0.25) is 4.90 Å². The van der Waals surface area contributed by atoms with E-state index in [-0.39, 0.29) is 0 Å². The lowest BCUT2D eigenvalue weighted by Crippen LogP contribution is -2.44. The Labute approximate surface area is 283 Å². The second-order valence-electron chi connectivity index (χ2n) is 12.8. The number of rotatable bonds is 3. The Balaban J connectivity index is 1.44. The molecular formula is C43H28BN3S. The maximum Gasteiger partial charge on any atom is 0.231 e. The van der Waals surface area contributed by atoms with Gasteiger partial charge in [-0.05, 0) is 51.7 Å². The van der Waals surface area contributed by atoms with Crippen molar-refractivity contribution in [3.8, 4) is 22.4 Å². The van der Waals surface area contributed by atoms with Gasteiger partial charge >= 0.3 is 0 Å². The van der Waals surface area contributed by atoms with E-state index in [2.05, 4.69) is 145 Å². The summed E-state index contributed by atoms with van der Waals surface area (Å²) in [6.07, 6.45) is 0.369. The maximum absolute atomic E-state index is 6.98. The SMILES string of the molecule is [B]CC1(C)c2ccc3ccccc3c2-c2c(c3sc4ccccc4c3c3ccccc23)N1c1nc(-c2ccccc2)c2ccccc2n1. The van der Waals surface area contributed by atoms with Gasteiger partial charge in [-0.1, -0.05) is 134 Å². The molecule has 2 aromatic heterocycles. The van der Waals surface area contributed by atoms with Crippen molar-refractivity contribution in [3.63, 3.8) is 0 Å². The first-order chi connectivity index (χ1) is 23.7. The van der Waals surface area contributed by atoms with Gasteiger partial charge in [0.25, 0.3) is 0 Å². The first-order valence-electron chi connectivity index (χ1n) is 16.4. The molecule has 0 saturated carbocycles. The van der Waals surface area contributed by atoms with Gasteiger partial charge in [0.1, 0.15) is 0 Å². The highest BCUT2D eigenvalue weighted by Gasteiger charge is 2.44. The molecule has 48 heavy (non-hydrogen) atoms. The molecule has 1 aliphatic heterocycles. The number of nitrogens with zero attached hydrogens (tertiary/aromatic N) is 3. The van der Waals surface area contributed by atoms with E-state index >= 15 is 0 Å². The third kappa shape index (κ3) is 3.71. The van der Waals surface area contributed by atoms with Crippen molar-refractivity contribution in [1.82, 2.24) is 9.97 Å². The van der Waals surface area contributed by atoms with Crippen molar-refractivity contribution in [2.24, 2.45) is 0 Å². The Bertz CT molecular complexity index is 2750. The fraction of sp³-hybridized carbons (Fsp3) is 0.0698. The van der Waals surface area contributed by atoms with Crippen LogP contribution in [0.4, 0.5) is 11.6 Å². The topological polar surface area (TPSA) is 29.0 Å². The Morgan fingerprint density at radius 1 is 0.625 bits per heavy atom. The van der Waals surface area contributed by atoms with Gasteiger partial charge in [0.15, 0.2) is 0 Å². The molecule has 224 valence electrons. The molecule has 3 heterocycles. The molecule has 0 saturated heterocycles. The molecule has 9 aromatic rings. The Hall–Kier alpha value is -5.52. The zero-order valence-electron chi connectivity index (χ0n) is 26.3. The standard InChI is InChI=1S/C43H28BN3S/c1-43(25-44)33-24-23-26-13-5-6-16-28(26)37(33)38-30-18-8-7-17-29(30)36-32-20-10-12-22-35(32)48-41(36)40(38)47(43)42-45-34-21-11-9-19-31(34)39(46-42)27-14-3-2-4-15-27/h2-24H,25H2,1H3. The van der Waals surface area contributed by atoms with Gasteiger partial charge in [0.2, 0.25) is 5.95 Å². The molecule has 0 bridgehead atoms. The van der Waals surface area contributed by atoms with Crippen molar-refractivity contribution in [3.05, 3.63) is 145 Å². The highest BCUT2D eigenvalue weighted by molar-refractivity contribution is 7.26. The quantitative estimate of drug-likeness (QED) is 0.182. The van der Waals surface area contributed by atoms with Crippen molar-refractivity contribution >= 4 is 83.4 Å². The van der Waals surface area contributed by atoms with Gasteiger partial charge in [-0.25, -0.2) is 9.97 Å². The lowest BCUT2D eigenvalue weighted by molar-refractivity contribution is 0.525. The minimum absolute atomic E-state index is 0.369. The van der Waals surface area contributed by atoms with Gasteiger partial charge in [-0.15, -0.1) is 11.3 Å². The molecule has 1 aliphatic rings. The number of aromatic nitrogens is 2. The predicted molar refractivity (Wildman–Crippen MR) is 205 cm³/mol. The summed E-state index contributed by atoms with van der Waals surface area (Å²) in [6.45, 7) is 2.26. The van der Waals surface area contributed by atoms with E-state index in [1.807, 2.05) is 17.4 Å². The van der Waals surface area contributed by atoms with Gasteiger partial charge in [-0.2, -0.15) is 0 Å². The average molecular weight is 630 g/mol. The molecule has 2 radical (unpaired) electrons.